The Labute approximate surface area is 186 Å². The van der Waals surface area contributed by atoms with E-state index in [1.54, 1.807) is 0 Å². The van der Waals surface area contributed by atoms with Gasteiger partial charge in [0.05, 0.1) is 46.9 Å². The van der Waals surface area contributed by atoms with Crippen LogP contribution in [0.1, 0.15) is 51.9 Å². The van der Waals surface area contributed by atoms with Gasteiger partial charge in [0.15, 0.2) is 0 Å². The number of hydrogen-bond acceptors (Lipinski definition) is 6. The van der Waals surface area contributed by atoms with Gasteiger partial charge in [-0.15, -0.1) is 22.7 Å². The van der Waals surface area contributed by atoms with Crippen LogP contribution in [-0.4, -0.2) is 45.2 Å². The van der Waals surface area contributed by atoms with Crippen molar-refractivity contribution in [3.05, 3.63) is 12.1 Å². The summed E-state index contributed by atoms with van der Waals surface area (Å²) in [6.45, 7) is 6.05. The summed E-state index contributed by atoms with van der Waals surface area (Å²) in [4.78, 5) is 0. The number of aromatic nitrogens is 1. The first kappa shape index (κ1) is 21.0. The Balaban J connectivity index is 1.39. The van der Waals surface area contributed by atoms with Gasteiger partial charge < -0.3 is 23.2 Å². The number of hydrogen-bond donors (Lipinski definition) is 0. The van der Waals surface area contributed by atoms with E-state index in [1.165, 1.54) is 74.9 Å². The normalized spacial score (nSPS) is 17.4. The summed E-state index contributed by atoms with van der Waals surface area (Å²) in [5.74, 6) is 0. The van der Waals surface area contributed by atoms with Crippen LogP contribution in [0.3, 0.4) is 0 Å². The fourth-order valence-corrected chi connectivity index (χ4v) is 6.87. The molecular formula is C21H29B2NO4S2. The van der Waals surface area contributed by atoms with Crippen molar-refractivity contribution in [2.75, 3.05) is 26.4 Å². The van der Waals surface area contributed by atoms with Gasteiger partial charge in [-0.25, -0.2) is 0 Å². The largest absolute Gasteiger partial charge is 0.504 e. The molecule has 30 heavy (non-hydrogen) atoms. The molecule has 0 aromatic carbocycles. The second-order valence-corrected chi connectivity index (χ2v) is 10.3. The highest BCUT2D eigenvalue weighted by atomic mass is 32.1. The van der Waals surface area contributed by atoms with E-state index >= 15 is 0 Å². The molecule has 2 aliphatic rings. The molecule has 0 aliphatic carbocycles. The first-order valence-corrected chi connectivity index (χ1v) is 13.0. The van der Waals surface area contributed by atoms with Crippen molar-refractivity contribution in [1.82, 2.24) is 4.57 Å². The van der Waals surface area contributed by atoms with Gasteiger partial charge >= 0.3 is 14.2 Å². The van der Waals surface area contributed by atoms with E-state index in [4.69, 9.17) is 18.6 Å². The summed E-state index contributed by atoms with van der Waals surface area (Å²) in [6, 6.07) is 4.57. The molecule has 0 radical (unpaired) electrons. The third kappa shape index (κ3) is 4.25. The van der Waals surface area contributed by atoms with Crippen LogP contribution >= 0.6 is 22.7 Å². The van der Waals surface area contributed by atoms with Gasteiger partial charge in [0.25, 0.3) is 0 Å². The van der Waals surface area contributed by atoms with Gasteiger partial charge in [0, 0.05) is 16.1 Å². The van der Waals surface area contributed by atoms with Crippen molar-refractivity contribution < 1.29 is 18.6 Å². The van der Waals surface area contributed by atoms with E-state index in [1.807, 2.05) is 22.7 Å². The van der Waals surface area contributed by atoms with E-state index in [-0.39, 0.29) is 14.2 Å². The number of rotatable bonds is 10. The van der Waals surface area contributed by atoms with Gasteiger partial charge in [-0.2, -0.15) is 0 Å². The van der Waals surface area contributed by atoms with Crippen LogP contribution in [-0.2, 0) is 25.2 Å². The fourth-order valence-electron chi connectivity index (χ4n) is 4.40. The van der Waals surface area contributed by atoms with Crippen LogP contribution in [0.5, 0.6) is 0 Å². The van der Waals surface area contributed by atoms with Crippen LogP contribution in [0.2, 0.25) is 0 Å². The average molecular weight is 445 g/mol. The zero-order valence-electron chi connectivity index (χ0n) is 17.7. The van der Waals surface area contributed by atoms with Crippen LogP contribution in [0.15, 0.2) is 12.1 Å². The quantitative estimate of drug-likeness (QED) is 0.348. The predicted molar refractivity (Wildman–Crippen MR) is 128 cm³/mol. The Hall–Kier alpha value is -0.830. The zero-order chi connectivity index (χ0) is 20.3. The van der Waals surface area contributed by atoms with Crippen LogP contribution in [0.4, 0.5) is 0 Å². The first-order chi connectivity index (χ1) is 14.8. The number of thiophene rings is 2. The number of unbranched alkanes of at least 4 members (excludes halogenated alkanes) is 6. The molecule has 3 aromatic rings. The maximum Gasteiger partial charge on any atom is 0.504 e. The summed E-state index contributed by atoms with van der Waals surface area (Å²) < 4.78 is 30.6. The predicted octanol–water partition coefficient (Wildman–Crippen LogP) is 4.15. The standard InChI is InChI=1S/C21H29B2NO4S2/c1-2-3-4-5-6-7-8-9-24-16-14-18(22-25-10-11-26-22)29-20(16)21-17(24)15-19(30-21)23-27-12-13-28-23/h14-15H,2-13H2,1H3. The lowest BCUT2D eigenvalue weighted by Gasteiger charge is -2.07. The zero-order valence-corrected chi connectivity index (χ0v) is 19.3. The van der Waals surface area contributed by atoms with Gasteiger partial charge in [-0.05, 0) is 18.6 Å². The topological polar surface area (TPSA) is 41.9 Å². The molecule has 0 unspecified atom stereocenters. The first-order valence-electron chi connectivity index (χ1n) is 11.4. The number of nitrogens with zero attached hydrogens (tertiary/aromatic N) is 1. The summed E-state index contributed by atoms with van der Waals surface area (Å²) in [6.07, 6.45) is 9.26. The lowest BCUT2D eigenvalue weighted by Crippen LogP contribution is -2.28. The lowest BCUT2D eigenvalue weighted by molar-refractivity contribution is 0.365. The summed E-state index contributed by atoms with van der Waals surface area (Å²) in [7, 11) is -0.407. The van der Waals surface area contributed by atoms with Crippen LogP contribution in [0, 0.1) is 0 Å². The van der Waals surface area contributed by atoms with Crippen molar-refractivity contribution in [3.63, 3.8) is 0 Å². The van der Waals surface area contributed by atoms with E-state index in [0.29, 0.717) is 26.4 Å². The minimum Gasteiger partial charge on any atom is -0.404 e. The highest BCUT2D eigenvalue weighted by molar-refractivity contribution is 7.35. The van der Waals surface area contributed by atoms with Gasteiger partial charge in [0.1, 0.15) is 0 Å². The molecule has 5 nitrogen and oxygen atoms in total. The van der Waals surface area contributed by atoms with Gasteiger partial charge in [0.2, 0.25) is 0 Å². The maximum absolute atomic E-state index is 5.76. The molecule has 2 saturated heterocycles. The van der Waals surface area contributed by atoms with E-state index < -0.39 is 0 Å². The van der Waals surface area contributed by atoms with Gasteiger partial charge in [-0.3, -0.25) is 0 Å². The summed E-state index contributed by atoms with van der Waals surface area (Å²) in [5, 5.41) is 0. The molecule has 5 heterocycles. The molecular weight excluding hydrogens is 416 g/mol. The third-order valence-electron chi connectivity index (χ3n) is 5.94. The van der Waals surface area contributed by atoms with Crippen LogP contribution < -0.4 is 9.55 Å². The molecule has 2 fully saturated rings. The number of aryl methyl sites for hydroxylation is 1. The molecule has 0 amide bonds. The van der Waals surface area contributed by atoms with Crippen molar-refractivity contribution >= 4 is 66.9 Å². The Bertz CT molecular complexity index is 905. The van der Waals surface area contributed by atoms with Crippen molar-refractivity contribution in [2.24, 2.45) is 0 Å². The van der Waals surface area contributed by atoms with E-state index in [0.717, 1.165) is 6.54 Å². The SMILES string of the molecule is CCCCCCCCCn1c2cc(B3OCCO3)sc2c2sc(B3OCCO3)cc21. The van der Waals surface area contributed by atoms with Crippen LogP contribution in [0.25, 0.3) is 20.4 Å². The molecule has 0 bridgehead atoms. The third-order valence-corrected chi connectivity index (χ3v) is 8.40. The highest BCUT2D eigenvalue weighted by Gasteiger charge is 2.32. The highest BCUT2D eigenvalue weighted by Crippen LogP contribution is 2.36. The average Bonchev–Trinajstić information content (AvgIpc) is 3.56. The van der Waals surface area contributed by atoms with Crippen molar-refractivity contribution in [2.45, 2.75) is 58.4 Å². The molecule has 5 rings (SSSR count). The summed E-state index contributed by atoms with van der Waals surface area (Å²) in [5.41, 5.74) is 2.64. The van der Waals surface area contributed by atoms with Crippen molar-refractivity contribution in [1.29, 1.82) is 0 Å². The monoisotopic (exact) mass is 445 g/mol. The second kappa shape index (κ2) is 9.76. The second-order valence-electron chi connectivity index (χ2n) is 8.15. The Morgan fingerprint density at radius 2 is 1.20 bits per heavy atom. The molecule has 0 atom stereocenters. The molecule has 160 valence electrons. The smallest absolute Gasteiger partial charge is 0.404 e. The van der Waals surface area contributed by atoms with Crippen molar-refractivity contribution in [3.8, 4) is 0 Å². The Morgan fingerprint density at radius 3 is 1.70 bits per heavy atom. The molecule has 0 saturated carbocycles. The molecule has 3 aromatic heterocycles. The molecule has 0 spiro atoms. The molecule has 9 heteroatoms. The Kier molecular flexibility index (Phi) is 6.84. The summed E-state index contributed by atoms with van der Waals surface area (Å²) >= 11 is 3.62. The number of fused-ring (bicyclic) bond motifs is 3. The molecule has 2 aliphatic heterocycles. The maximum atomic E-state index is 5.76. The Morgan fingerprint density at radius 1 is 0.733 bits per heavy atom. The lowest BCUT2D eigenvalue weighted by atomic mass is 9.88. The van der Waals surface area contributed by atoms with E-state index in [2.05, 4.69) is 23.6 Å². The van der Waals surface area contributed by atoms with E-state index in [9.17, 15) is 0 Å². The minimum atomic E-state index is -0.203. The van der Waals surface area contributed by atoms with Gasteiger partial charge in [-0.1, -0.05) is 45.4 Å². The fraction of sp³-hybridized carbons (Fsp3) is 0.619. The molecule has 0 N–H and O–H groups in total. The minimum absolute atomic E-state index is 0.203.